The number of carbonyl (C=O) groups excluding carboxylic acids is 3. The lowest BCUT2D eigenvalue weighted by atomic mass is 10.0. The summed E-state index contributed by atoms with van der Waals surface area (Å²) in [6.07, 6.45) is 3.48. The van der Waals surface area contributed by atoms with Crippen molar-refractivity contribution in [3.8, 4) is 0 Å². The molecule has 1 aromatic heterocycles. The van der Waals surface area contributed by atoms with Crippen molar-refractivity contribution in [2.24, 2.45) is 0 Å². The van der Waals surface area contributed by atoms with Gasteiger partial charge in [0.2, 0.25) is 0 Å². The second-order valence-corrected chi connectivity index (χ2v) is 9.64. The van der Waals surface area contributed by atoms with E-state index >= 15 is 0 Å². The number of urea groups is 1. The number of hydrogen-bond donors (Lipinski definition) is 1. The summed E-state index contributed by atoms with van der Waals surface area (Å²) in [6, 6.07) is 14.6. The third-order valence-electron chi connectivity index (χ3n) is 6.35. The van der Waals surface area contributed by atoms with E-state index < -0.39 is 17.5 Å². The summed E-state index contributed by atoms with van der Waals surface area (Å²) in [5.41, 5.74) is 3.93. The summed E-state index contributed by atoms with van der Waals surface area (Å²) in [6.45, 7) is 3.18. The maximum atomic E-state index is 13.3. The molecule has 3 amide bonds. The Morgan fingerprint density at radius 1 is 1.14 bits per heavy atom. The maximum Gasteiger partial charge on any atom is 0.339 e. The topological polar surface area (TPSA) is 88.6 Å². The molecule has 2 heterocycles. The molecule has 5 rings (SSSR count). The molecule has 0 spiro atoms. The molecule has 3 aromatic rings. The third-order valence-corrected chi connectivity index (χ3v) is 6.60. The highest BCUT2D eigenvalue weighted by Crippen LogP contribution is 2.38. The smallest absolute Gasteiger partial charge is 0.339 e. The minimum Gasteiger partial charge on any atom is -0.460 e. The Morgan fingerprint density at radius 2 is 1.89 bits per heavy atom. The Labute approximate surface area is 207 Å². The summed E-state index contributed by atoms with van der Waals surface area (Å²) < 4.78 is 5.58. The number of carbonyl (C=O) groups is 3. The largest absolute Gasteiger partial charge is 0.460 e. The summed E-state index contributed by atoms with van der Waals surface area (Å²) in [7, 11) is 0. The first-order valence-corrected chi connectivity index (χ1v) is 11.8. The zero-order valence-electron chi connectivity index (χ0n) is 19.4. The SMILES string of the molecule is CC1(C)NC(=O)N(CCOC(=O)c2c3c(nc4ccccc24)/C(=C/c2ccc(Cl)cc2)CC3)C1=O. The quantitative estimate of drug-likeness (QED) is 0.408. The number of esters is 1. The average Bonchev–Trinajstić information content (AvgIpc) is 3.30. The Hall–Kier alpha value is -3.71. The fourth-order valence-corrected chi connectivity index (χ4v) is 4.72. The van der Waals surface area contributed by atoms with E-state index in [9.17, 15) is 14.4 Å². The van der Waals surface area contributed by atoms with Gasteiger partial charge in [0.1, 0.15) is 12.1 Å². The van der Waals surface area contributed by atoms with E-state index in [0.29, 0.717) is 22.5 Å². The van der Waals surface area contributed by atoms with Gasteiger partial charge in [0.25, 0.3) is 5.91 Å². The Morgan fingerprint density at radius 3 is 2.60 bits per heavy atom. The molecule has 0 radical (unpaired) electrons. The fourth-order valence-electron chi connectivity index (χ4n) is 4.60. The van der Waals surface area contributed by atoms with Crippen LogP contribution in [0, 0.1) is 0 Å². The summed E-state index contributed by atoms with van der Waals surface area (Å²) in [5, 5.41) is 4.02. The number of imide groups is 1. The first-order chi connectivity index (χ1) is 16.7. The van der Waals surface area contributed by atoms with Gasteiger partial charge in [-0.05, 0) is 67.7 Å². The van der Waals surface area contributed by atoms with Crippen LogP contribution in [0.4, 0.5) is 4.79 Å². The number of fused-ring (bicyclic) bond motifs is 2. The highest BCUT2D eigenvalue weighted by molar-refractivity contribution is 6.30. The number of hydrogen-bond acceptors (Lipinski definition) is 5. The van der Waals surface area contributed by atoms with Crippen LogP contribution >= 0.6 is 11.6 Å². The molecular weight excluding hydrogens is 466 g/mol. The number of nitrogens with zero attached hydrogens (tertiary/aromatic N) is 2. The van der Waals surface area contributed by atoms with Crippen LogP contribution in [0.3, 0.4) is 0 Å². The third kappa shape index (κ3) is 4.28. The number of pyridine rings is 1. The molecule has 0 unspecified atom stereocenters. The molecule has 0 atom stereocenters. The van der Waals surface area contributed by atoms with Crippen molar-refractivity contribution in [3.05, 3.63) is 75.9 Å². The normalized spacial score (nSPS) is 17.7. The van der Waals surface area contributed by atoms with Crippen LogP contribution in [0.15, 0.2) is 48.5 Å². The van der Waals surface area contributed by atoms with Crippen molar-refractivity contribution in [2.45, 2.75) is 32.2 Å². The summed E-state index contributed by atoms with van der Waals surface area (Å²) in [5.74, 6) is -0.829. The van der Waals surface area contributed by atoms with E-state index in [0.717, 1.165) is 39.1 Å². The highest BCUT2D eigenvalue weighted by atomic mass is 35.5. The number of para-hydroxylation sites is 1. The van der Waals surface area contributed by atoms with E-state index in [1.165, 1.54) is 0 Å². The molecule has 2 aromatic carbocycles. The molecule has 0 bridgehead atoms. The van der Waals surface area contributed by atoms with Gasteiger partial charge >= 0.3 is 12.0 Å². The van der Waals surface area contributed by atoms with Crippen LogP contribution in [-0.2, 0) is 16.0 Å². The molecule has 1 aliphatic carbocycles. The second kappa shape index (κ2) is 8.82. The summed E-state index contributed by atoms with van der Waals surface area (Å²) >= 11 is 6.02. The van der Waals surface area contributed by atoms with Gasteiger partial charge in [0.15, 0.2) is 0 Å². The minimum atomic E-state index is -0.962. The van der Waals surface area contributed by atoms with Crippen molar-refractivity contribution in [1.29, 1.82) is 0 Å². The lowest BCUT2D eigenvalue weighted by Gasteiger charge is -2.16. The van der Waals surface area contributed by atoms with Crippen LogP contribution in [0.2, 0.25) is 5.02 Å². The van der Waals surface area contributed by atoms with Crippen LogP contribution in [-0.4, -0.2) is 46.5 Å². The molecule has 178 valence electrons. The average molecular weight is 490 g/mol. The van der Waals surface area contributed by atoms with Gasteiger partial charge in [-0.2, -0.15) is 0 Å². The van der Waals surface area contributed by atoms with Gasteiger partial charge < -0.3 is 10.1 Å². The monoisotopic (exact) mass is 489 g/mol. The summed E-state index contributed by atoms with van der Waals surface area (Å²) in [4.78, 5) is 43.7. The van der Waals surface area contributed by atoms with Crippen LogP contribution < -0.4 is 5.32 Å². The second-order valence-electron chi connectivity index (χ2n) is 9.20. The van der Waals surface area contributed by atoms with Crippen molar-refractivity contribution in [1.82, 2.24) is 15.2 Å². The number of ether oxygens (including phenoxy) is 1. The van der Waals surface area contributed by atoms with Gasteiger partial charge in [-0.1, -0.05) is 41.9 Å². The maximum absolute atomic E-state index is 13.3. The number of halogens is 1. The van der Waals surface area contributed by atoms with Crippen LogP contribution in [0.25, 0.3) is 22.6 Å². The van der Waals surface area contributed by atoms with E-state index in [1.807, 2.05) is 48.5 Å². The van der Waals surface area contributed by atoms with Crippen molar-refractivity contribution in [3.63, 3.8) is 0 Å². The molecule has 35 heavy (non-hydrogen) atoms. The first kappa shape index (κ1) is 23.1. The molecule has 1 N–H and O–H groups in total. The highest BCUT2D eigenvalue weighted by Gasteiger charge is 2.44. The molecule has 1 saturated heterocycles. The van der Waals surface area contributed by atoms with Gasteiger partial charge in [0, 0.05) is 10.4 Å². The zero-order valence-corrected chi connectivity index (χ0v) is 20.2. The Kier molecular flexibility index (Phi) is 5.81. The molecular formula is C27H24ClN3O4. The van der Waals surface area contributed by atoms with Crippen molar-refractivity contribution in [2.75, 3.05) is 13.2 Å². The minimum absolute atomic E-state index is 0.00718. The van der Waals surface area contributed by atoms with Crippen molar-refractivity contribution < 1.29 is 19.1 Å². The predicted octanol–water partition coefficient (Wildman–Crippen LogP) is 4.86. The number of rotatable bonds is 5. The number of allylic oxidation sites excluding steroid dienone is 1. The first-order valence-electron chi connectivity index (χ1n) is 11.4. The van der Waals surface area contributed by atoms with Crippen LogP contribution in [0.5, 0.6) is 0 Å². The van der Waals surface area contributed by atoms with E-state index in [-0.39, 0.29) is 19.1 Å². The fraction of sp³-hybridized carbons (Fsp3) is 0.259. The number of benzene rings is 2. The Balaban J connectivity index is 1.43. The van der Waals surface area contributed by atoms with Gasteiger partial charge in [-0.15, -0.1) is 0 Å². The van der Waals surface area contributed by atoms with Crippen molar-refractivity contribution >= 4 is 52.1 Å². The zero-order chi connectivity index (χ0) is 24.7. The molecule has 8 heteroatoms. The number of aromatic nitrogens is 1. The van der Waals surface area contributed by atoms with E-state index in [1.54, 1.807) is 13.8 Å². The molecule has 1 aliphatic heterocycles. The van der Waals surface area contributed by atoms with E-state index in [4.69, 9.17) is 21.3 Å². The lowest BCUT2D eigenvalue weighted by molar-refractivity contribution is -0.130. The van der Waals surface area contributed by atoms with Gasteiger partial charge in [0.05, 0.1) is 23.3 Å². The molecule has 2 aliphatic rings. The number of amides is 3. The standard InChI is InChI=1S/C27H24ClN3O4/c1-27(2)25(33)31(26(34)30-27)13-14-35-24(32)22-19-5-3-4-6-21(19)29-23-17(9-12-20(22)23)15-16-7-10-18(28)11-8-16/h3-8,10-11,15H,9,12-14H2,1-2H3,(H,30,34)/b17-15+. The molecule has 0 saturated carbocycles. The predicted molar refractivity (Wildman–Crippen MR) is 134 cm³/mol. The Bertz CT molecular complexity index is 1400. The van der Waals surface area contributed by atoms with Gasteiger partial charge in [-0.25, -0.2) is 14.6 Å². The number of nitrogens with one attached hydrogen (secondary N) is 1. The van der Waals surface area contributed by atoms with Gasteiger partial charge in [-0.3, -0.25) is 9.69 Å². The molecule has 7 nitrogen and oxygen atoms in total. The molecule has 1 fully saturated rings. The lowest BCUT2D eigenvalue weighted by Crippen LogP contribution is -2.40. The van der Waals surface area contributed by atoms with E-state index in [2.05, 4.69) is 11.4 Å². The van der Waals surface area contributed by atoms with Crippen LogP contribution in [0.1, 0.15) is 47.4 Å².